The normalized spacial score (nSPS) is 25.2. The maximum absolute atomic E-state index is 11.3. The van der Waals surface area contributed by atoms with Crippen molar-refractivity contribution >= 4 is 8.46 Å². The second-order valence-corrected chi connectivity index (χ2v) is 6.71. The average molecular weight is 294 g/mol. The molecule has 112 valence electrons. The topological polar surface area (TPSA) is 26.3 Å². The lowest BCUT2D eigenvalue weighted by molar-refractivity contribution is 0.0418. The summed E-state index contributed by atoms with van der Waals surface area (Å²) in [6.45, 7) is 10.3. The van der Waals surface area contributed by atoms with E-state index >= 15 is 0 Å². The van der Waals surface area contributed by atoms with Gasteiger partial charge >= 0.3 is 0 Å². The molecule has 0 N–H and O–H groups in total. The van der Waals surface area contributed by atoms with Crippen molar-refractivity contribution in [1.82, 2.24) is 0 Å². The lowest BCUT2D eigenvalue weighted by atomic mass is 9.99. The molecule has 0 aromatic heterocycles. The fourth-order valence-corrected chi connectivity index (χ4v) is 3.49. The Hall–Kier alpha value is -0.640. The molecule has 1 fully saturated rings. The maximum Gasteiger partial charge on any atom is 0.158 e. The van der Waals surface area contributed by atoms with Crippen molar-refractivity contribution in [2.45, 2.75) is 77.2 Å². The van der Waals surface area contributed by atoms with Crippen LogP contribution in [0.4, 0.5) is 0 Å². The van der Waals surface area contributed by atoms with E-state index in [1.807, 2.05) is 6.92 Å². The molecule has 1 saturated heterocycles. The minimum absolute atomic E-state index is 0.170. The lowest BCUT2D eigenvalue weighted by Crippen LogP contribution is -2.14. The highest BCUT2D eigenvalue weighted by Gasteiger charge is 2.28. The molecule has 1 rings (SSSR count). The van der Waals surface area contributed by atoms with E-state index in [1.54, 1.807) is 0 Å². The van der Waals surface area contributed by atoms with Crippen LogP contribution < -0.4 is 0 Å². The first-order chi connectivity index (χ1) is 9.60. The smallest absolute Gasteiger partial charge is 0.158 e. The third-order valence-electron chi connectivity index (χ3n) is 3.84. The SMILES string of the molecule is C=C1C[C@H](CCC)O[C@H]1CC[C@H](C[C@@H](C)C#CC)P=O. The number of hydrogen-bond donors (Lipinski definition) is 0. The largest absolute Gasteiger partial charge is 0.370 e. The van der Waals surface area contributed by atoms with E-state index < -0.39 is 0 Å². The summed E-state index contributed by atoms with van der Waals surface area (Å²) in [5.41, 5.74) is 1.40. The van der Waals surface area contributed by atoms with Gasteiger partial charge in [0.1, 0.15) is 0 Å². The molecule has 3 heteroatoms. The van der Waals surface area contributed by atoms with Gasteiger partial charge in [-0.3, -0.25) is 4.57 Å². The Bertz CT molecular complexity index is 380. The van der Waals surface area contributed by atoms with Crippen LogP contribution in [-0.4, -0.2) is 17.9 Å². The first kappa shape index (κ1) is 17.4. The predicted molar refractivity (Wildman–Crippen MR) is 85.2 cm³/mol. The van der Waals surface area contributed by atoms with E-state index in [1.165, 1.54) is 5.57 Å². The van der Waals surface area contributed by atoms with Crippen molar-refractivity contribution in [2.75, 3.05) is 0 Å². The molecule has 0 aliphatic carbocycles. The van der Waals surface area contributed by atoms with Gasteiger partial charge in [-0.15, -0.1) is 11.8 Å². The van der Waals surface area contributed by atoms with Crippen LogP contribution in [0.25, 0.3) is 0 Å². The molecule has 0 aromatic carbocycles. The summed E-state index contributed by atoms with van der Waals surface area (Å²) >= 11 is 0. The summed E-state index contributed by atoms with van der Waals surface area (Å²) in [6.07, 6.45) is 6.53. The third-order valence-corrected chi connectivity index (χ3v) is 4.61. The lowest BCUT2D eigenvalue weighted by Gasteiger charge is -2.16. The number of rotatable bonds is 8. The van der Waals surface area contributed by atoms with Crippen LogP contribution in [0.3, 0.4) is 0 Å². The minimum Gasteiger partial charge on any atom is -0.370 e. The van der Waals surface area contributed by atoms with Gasteiger partial charge in [0.25, 0.3) is 0 Å². The fraction of sp³-hybridized carbons (Fsp3) is 0.765. The molecular weight excluding hydrogens is 267 g/mol. The standard InChI is InChI=1S/C17H27O2P/c1-5-7-13(3)11-16(20-18)9-10-17-14(4)12-15(19-17)8-6-2/h13,15-17H,4,6,8-12H2,1-3H3/t13-,15-,16+,17-/m0/s1. The summed E-state index contributed by atoms with van der Waals surface area (Å²) in [6, 6.07) is 0. The zero-order chi connectivity index (χ0) is 15.0. The summed E-state index contributed by atoms with van der Waals surface area (Å²) in [5, 5.41) is 0. The highest BCUT2D eigenvalue weighted by Crippen LogP contribution is 2.32. The molecule has 0 unspecified atom stereocenters. The van der Waals surface area contributed by atoms with Crippen molar-refractivity contribution in [1.29, 1.82) is 0 Å². The minimum atomic E-state index is 0.170. The molecular formula is C17H27O2P. The van der Waals surface area contributed by atoms with E-state index in [4.69, 9.17) is 4.74 Å². The first-order valence-corrected chi connectivity index (χ1v) is 8.56. The van der Waals surface area contributed by atoms with Crippen molar-refractivity contribution in [3.63, 3.8) is 0 Å². The monoisotopic (exact) mass is 294 g/mol. The van der Waals surface area contributed by atoms with Gasteiger partial charge in [0.05, 0.1) is 12.2 Å². The molecule has 0 amide bonds. The van der Waals surface area contributed by atoms with Crippen LogP contribution in [-0.2, 0) is 9.30 Å². The van der Waals surface area contributed by atoms with Gasteiger partial charge in [-0.25, -0.2) is 0 Å². The van der Waals surface area contributed by atoms with Gasteiger partial charge in [-0.1, -0.05) is 26.8 Å². The average Bonchev–Trinajstić information content (AvgIpc) is 2.75. The van der Waals surface area contributed by atoms with Crippen LogP contribution >= 0.6 is 8.46 Å². The van der Waals surface area contributed by atoms with E-state index in [0.717, 1.165) is 38.5 Å². The zero-order valence-electron chi connectivity index (χ0n) is 13.0. The van der Waals surface area contributed by atoms with Gasteiger partial charge in [0, 0.05) is 11.6 Å². The van der Waals surface area contributed by atoms with E-state index in [-0.39, 0.29) is 20.2 Å². The zero-order valence-corrected chi connectivity index (χ0v) is 13.9. The van der Waals surface area contributed by atoms with Crippen LogP contribution in [0.1, 0.15) is 59.3 Å². The summed E-state index contributed by atoms with van der Waals surface area (Å²) in [4.78, 5) is 0. The van der Waals surface area contributed by atoms with Gasteiger partial charge in [-0.2, -0.15) is 0 Å². The highest BCUT2D eigenvalue weighted by atomic mass is 31.1. The molecule has 4 atom stereocenters. The van der Waals surface area contributed by atoms with Gasteiger partial charge in [0.2, 0.25) is 0 Å². The summed E-state index contributed by atoms with van der Waals surface area (Å²) in [5.74, 6) is 6.37. The fourth-order valence-electron chi connectivity index (χ4n) is 2.84. The molecule has 0 saturated carbocycles. The molecule has 0 aromatic rings. The molecule has 1 heterocycles. The van der Waals surface area contributed by atoms with E-state index in [0.29, 0.717) is 12.0 Å². The Morgan fingerprint density at radius 3 is 2.85 bits per heavy atom. The van der Waals surface area contributed by atoms with Crippen LogP contribution in [0.2, 0.25) is 0 Å². The molecule has 0 spiro atoms. The quantitative estimate of drug-likeness (QED) is 0.358. The van der Waals surface area contributed by atoms with Crippen LogP contribution in [0.15, 0.2) is 12.2 Å². The first-order valence-electron chi connectivity index (χ1n) is 7.68. The van der Waals surface area contributed by atoms with Crippen LogP contribution in [0, 0.1) is 17.8 Å². The number of ether oxygens (including phenoxy) is 1. The molecule has 1 aliphatic heterocycles. The Balaban J connectivity index is 2.38. The highest BCUT2D eigenvalue weighted by molar-refractivity contribution is 7.24. The maximum atomic E-state index is 11.3. The predicted octanol–water partition coefficient (Wildman–Crippen LogP) is 4.99. The molecule has 2 nitrogen and oxygen atoms in total. The van der Waals surface area contributed by atoms with Crippen molar-refractivity contribution in [2.24, 2.45) is 5.92 Å². The molecule has 20 heavy (non-hydrogen) atoms. The summed E-state index contributed by atoms with van der Waals surface area (Å²) < 4.78 is 17.3. The number of hydrogen-bond acceptors (Lipinski definition) is 2. The third kappa shape index (κ3) is 5.78. The second-order valence-electron chi connectivity index (χ2n) is 5.77. The van der Waals surface area contributed by atoms with Crippen molar-refractivity contribution in [3.05, 3.63) is 12.2 Å². The molecule has 0 radical (unpaired) electrons. The van der Waals surface area contributed by atoms with Gasteiger partial charge in [-0.05, 0) is 44.6 Å². The Kier molecular flexibility index (Phi) is 8.12. The Morgan fingerprint density at radius 2 is 2.25 bits per heavy atom. The van der Waals surface area contributed by atoms with Gasteiger partial charge in [0.15, 0.2) is 8.46 Å². The molecule has 1 aliphatic rings. The van der Waals surface area contributed by atoms with E-state index in [2.05, 4.69) is 32.3 Å². The van der Waals surface area contributed by atoms with Crippen LogP contribution in [0.5, 0.6) is 0 Å². The van der Waals surface area contributed by atoms with Crippen molar-refractivity contribution in [3.8, 4) is 11.8 Å². The second kappa shape index (κ2) is 9.32. The van der Waals surface area contributed by atoms with Crippen molar-refractivity contribution < 1.29 is 9.30 Å². The Morgan fingerprint density at radius 1 is 1.50 bits per heavy atom. The molecule has 0 bridgehead atoms. The van der Waals surface area contributed by atoms with Gasteiger partial charge < -0.3 is 4.74 Å². The summed E-state index contributed by atoms with van der Waals surface area (Å²) in [7, 11) is 0.235. The Labute approximate surface area is 125 Å². The van der Waals surface area contributed by atoms with E-state index in [9.17, 15) is 4.57 Å².